The summed E-state index contributed by atoms with van der Waals surface area (Å²) in [7, 11) is 0. The third-order valence-corrected chi connectivity index (χ3v) is 4.62. The quantitative estimate of drug-likeness (QED) is 0.470. The number of hydrogen-bond donors (Lipinski definition) is 0. The van der Waals surface area contributed by atoms with Crippen LogP contribution in [0.3, 0.4) is 0 Å². The molecule has 122 valence electrons. The summed E-state index contributed by atoms with van der Waals surface area (Å²) in [5.41, 5.74) is 4.58. The van der Waals surface area contributed by atoms with Crippen molar-refractivity contribution in [3.63, 3.8) is 0 Å². The average Bonchev–Trinajstić information content (AvgIpc) is 2.63. The molecule has 0 fully saturated rings. The molecule has 0 atom stereocenters. The van der Waals surface area contributed by atoms with E-state index in [2.05, 4.69) is 59.5 Å². The molecule has 0 bridgehead atoms. The molecule has 0 aliphatic carbocycles. The molecule has 3 aromatic carbocycles. The lowest BCUT2D eigenvalue weighted by molar-refractivity contribution is 0.796. The molecule has 0 radical (unpaired) electrons. The van der Waals surface area contributed by atoms with Gasteiger partial charge in [-0.05, 0) is 23.3 Å². The van der Waals surface area contributed by atoms with Crippen LogP contribution in [0.5, 0.6) is 0 Å². The molecule has 0 aliphatic rings. The number of anilines is 1. The minimum absolute atomic E-state index is 0.398. The first-order valence-corrected chi connectivity index (χ1v) is 8.85. The first kappa shape index (κ1) is 16.9. The molecule has 3 aromatic rings. The first-order chi connectivity index (χ1) is 11.8. The number of nitrogens with zero attached hydrogens (tertiary/aromatic N) is 1. The van der Waals surface area contributed by atoms with Crippen LogP contribution in [0.25, 0.3) is 0 Å². The maximum absolute atomic E-state index is 6.37. The SMILES string of the molecule is ClCc1c(Cl)cccc1N(Cc1ccccc1)Cc1ccccc1. The van der Waals surface area contributed by atoms with E-state index in [0.29, 0.717) is 10.9 Å². The van der Waals surface area contributed by atoms with Gasteiger partial charge in [-0.3, -0.25) is 0 Å². The molecular formula is C21H19Cl2N. The van der Waals surface area contributed by atoms with Gasteiger partial charge in [0.15, 0.2) is 0 Å². The number of halogens is 2. The average molecular weight is 356 g/mol. The van der Waals surface area contributed by atoms with Gasteiger partial charge in [0, 0.05) is 29.4 Å². The molecule has 0 aromatic heterocycles. The van der Waals surface area contributed by atoms with Gasteiger partial charge in [0.1, 0.15) is 0 Å². The van der Waals surface area contributed by atoms with Gasteiger partial charge in [-0.2, -0.15) is 0 Å². The van der Waals surface area contributed by atoms with E-state index >= 15 is 0 Å². The number of rotatable bonds is 6. The molecule has 0 aliphatic heterocycles. The Balaban J connectivity index is 1.97. The first-order valence-electron chi connectivity index (χ1n) is 7.94. The van der Waals surface area contributed by atoms with Crippen molar-refractivity contribution in [1.82, 2.24) is 0 Å². The van der Waals surface area contributed by atoms with Crippen molar-refractivity contribution in [2.45, 2.75) is 19.0 Å². The van der Waals surface area contributed by atoms with Crippen LogP contribution in [0.4, 0.5) is 5.69 Å². The summed E-state index contributed by atoms with van der Waals surface area (Å²) in [6, 6.07) is 26.9. The topological polar surface area (TPSA) is 3.24 Å². The molecule has 0 amide bonds. The maximum Gasteiger partial charge on any atom is 0.0509 e. The normalized spacial score (nSPS) is 10.6. The van der Waals surface area contributed by atoms with Gasteiger partial charge in [-0.1, -0.05) is 78.3 Å². The zero-order valence-electron chi connectivity index (χ0n) is 13.3. The summed E-state index contributed by atoms with van der Waals surface area (Å²) in [5.74, 6) is 0.398. The van der Waals surface area contributed by atoms with Gasteiger partial charge in [0.25, 0.3) is 0 Å². The molecule has 0 N–H and O–H groups in total. The number of benzene rings is 3. The monoisotopic (exact) mass is 355 g/mol. The fourth-order valence-electron chi connectivity index (χ4n) is 2.81. The van der Waals surface area contributed by atoms with E-state index < -0.39 is 0 Å². The van der Waals surface area contributed by atoms with E-state index in [4.69, 9.17) is 23.2 Å². The highest BCUT2D eigenvalue weighted by atomic mass is 35.5. The van der Waals surface area contributed by atoms with Crippen molar-refractivity contribution < 1.29 is 0 Å². The molecule has 0 unspecified atom stereocenters. The lowest BCUT2D eigenvalue weighted by Gasteiger charge is -2.27. The van der Waals surface area contributed by atoms with Gasteiger partial charge in [-0.25, -0.2) is 0 Å². The Morgan fingerprint density at radius 1 is 0.667 bits per heavy atom. The van der Waals surface area contributed by atoms with Crippen LogP contribution in [0.2, 0.25) is 5.02 Å². The Labute approximate surface area is 153 Å². The Morgan fingerprint density at radius 3 is 1.71 bits per heavy atom. The van der Waals surface area contributed by atoms with E-state index in [-0.39, 0.29) is 0 Å². The second-order valence-electron chi connectivity index (χ2n) is 5.70. The van der Waals surface area contributed by atoms with Crippen LogP contribution in [0.15, 0.2) is 78.9 Å². The lowest BCUT2D eigenvalue weighted by atomic mass is 10.1. The largest absolute Gasteiger partial charge is 0.363 e. The number of hydrogen-bond acceptors (Lipinski definition) is 1. The summed E-state index contributed by atoms with van der Waals surface area (Å²) in [5, 5.41) is 0.716. The molecule has 3 heteroatoms. The summed E-state index contributed by atoms with van der Waals surface area (Å²) in [6.45, 7) is 1.61. The van der Waals surface area contributed by atoms with Crippen molar-refractivity contribution >= 4 is 28.9 Å². The highest BCUT2D eigenvalue weighted by molar-refractivity contribution is 6.32. The molecule has 0 saturated carbocycles. The standard InChI is InChI=1S/C21H19Cl2N/c22-14-19-20(23)12-7-13-21(19)24(15-17-8-3-1-4-9-17)16-18-10-5-2-6-11-18/h1-13H,14-16H2. The fraction of sp³-hybridized carbons (Fsp3) is 0.143. The van der Waals surface area contributed by atoms with Crippen molar-refractivity contribution in [3.8, 4) is 0 Å². The van der Waals surface area contributed by atoms with E-state index in [1.807, 2.05) is 24.3 Å². The van der Waals surface area contributed by atoms with Gasteiger partial charge in [-0.15, -0.1) is 11.6 Å². The second-order valence-corrected chi connectivity index (χ2v) is 6.37. The highest BCUT2D eigenvalue weighted by Gasteiger charge is 2.14. The molecular weight excluding hydrogens is 337 g/mol. The molecule has 0 heterocycles. The van der Waals surface area contributed by atoms with Crippen molar-refractivity contribution in [2.24, 2.45) is 0 Å². The highest BCUT2D eigenvalue weighted by Crippen LogP contribution is 2.31. The van der Waals surface area contributed by atoms with E-state index in [1.54, 1.807) is 0 Å². The van der Waals surface area contributed by atoms with Crippen molar-refractivity contribution in [2.75, 3.05) is 4.90 Å². The van der Waals surface area contributed by atoms with Crippen LogP contribution >= 0.6 is 23.2 Å². The summed E-state index contributed by atoms with van der Waals surface area (Å²) in [6.07, 6.45) is 0. The third kappa shape index (κ3) is 4.11. The molecule has 24 heavy (non-hydrogen) atoms. The maximum atomic E-state index is 6.37. The smallest absolute Gasteiger partial charge is 0.0509 e. The molecule has 3 rings (SSSR count). The molecule has 0 spiro atoms. The van der Waals surface area contributed by atoms with E-state index in [9.17, 15) is 0 Å². The summed E-state index contributed by atoms with van der Waals surface area (Å²) < 4.78 is 0. The molecule has 0 saturated heterocycles. The lowest BCUT2D eigenvalue weighted by Crippen LogP contribution is -2.23. The zero-order valence-corrected chi connectivity index (χ0v) is 14.8. The van der Waals surface area contributed by atoms with Crippen LogP contribution in [0, 0.1) is 0 Å². The predicted octanol–water partition coefficient (Wildman–Crippen LogP) is 6.29. The van der Waals surface area contributed by atoms with Crippen LogP contribution in [-0.4, -0.2) is 0 Å². The van der Waals surface area contributed by atoms with Crippen LogP contribution in [-0.2, 0) is 19.0 Å². The van der Waals surface area contributed by atoms with Gasteiger partial charge in [0.2, 0.25) is 0 Å². The van der Waals surface area contributed by atoms with E-state index in [0.717, 1.165) is 24.3 Å². The van der Waals surface area contributed by atoms with Crippen LogP contribution in [0.1, 0.15) is 16.7 Å². The second kappa shape index (κ2) is 8.23. The van der Waals surface area contributed by atoms with Crippen molar-refractivity contribution in [3.05, 3.63) is 101 Å². The molecule has 1 nitrogen and oxygen atoms in total. The predicted molar refractivity (Wildman–Crippen MR) is 104 cm³/mol. The minimum Gasteiger partial charge on any atom is -0.363 e. The number of alkyl halides is 1. The van der Waals surface area contributed by atoms with Gasteiger partial charge >= 0.3 is 0 Å². The summed E-state index contributed by atoms with van der Waals surface area (Å²) in [4.78, 5) is 2.33. The van der Waals surface area contributed by atoms with Crippen molar-refractivity contribution in [1.29, 1.82) is 0 Å². The third-order valence-electron chi connectivity index (χ3n) is 4.00. The fourth-order valence-corrected chi connectivity index (χ4v) is 3.40. The minimum atomic E-state index is 0.398. The Morgan fingerprint density at radius 2 is 1.21 bits per heavy atom. The van der Waals surface area contributed by atoms with Gasteiger partial charge < -0.3 is 4.90 Å². The van der Waals surface area contributed by atoms with E-state index in [1.165, 1.54) is 11.1 Å². The Bertz CT molecular complexity index is 731. The van der Waals surface area contributed by atoms with Gasteiger partial charge in [0.05, 0.1) is 5.88 Å². The Hall–Kier alpha value is -1.96. The van der Waals surface area contributed by atoms with Crippen LogP contribution < -0.4 is 4.90 Å². The zero-order chi connectivity index (χ0) is 16.8. The summed E-state index contributed by atoms with van der Waals surface area (Å²) >= 11 is 12.5. The Kier molecular flexibility index (Phi) is 5.79.